The Bertz CT molecular complexity index is 2620. The highest BCUT2D eigenvalue weighted by molar-refractivity contribution is 6.37. The molecule has 3 aliphatic heterocycles. The van der Waals surface area contributed by atoms with Crippen molar-refractivity contribution in [3.05, 3.63) is 169 Å². The van der Waals surface area contributed by atoms with Gasteiger partial charge in [-0.05, 0) is 108 Å². The lowest BCUT2D eigenvalue weighted by molar-refractivity contribution is -0.0336. The van der Waals surface area contributed by atoms with E-state index in [2.05, 4.69) is 20.5 Å². The standard InChI is InChI=1S/C49H48Cl2N4O9/c50-39-23-31(26-52-27-42(57)37-13-15-41(56)46-38(37)14-16-44(58)53-46)24-40(51)47(39)61-21-22-62-48(59)34-11-9-30(10-12-34)29-63-36-8-4-7-35(25-36)45(33-5-2-1-3-6-33)54-49(60)64-43-28-55-19-17-32(43)18-20-55/h1-16,23-25,32,42-43,45,52,56-57H,17-22,26-29H2,(H,53,58)(H,54,60)/t42-,43-,45?/m0/s1. The van der Waals surface area contributed by atoms with Crippen LogP contribution in [-0.4, -0.2) is 77.7 Å². The second-order valence-electron chi connectivity index (χ2n) is 15.9. The minimum Gasteiger partial charge on any atom is -0.506 e. The predicted molar refractivity (Wildman–Crippen MR) is 243 cm³/mol. The maximum absolute atomic E-state index is 13.2. The van der Waals surface area contributed by atoms with E-state index in [0.717, 1.165) is 54.7 Å². The number of benzene rings is 5. The molecule has 1 unspecified atom stereocenters. The first-order valence-electron chi connectivity index (χ1n) is 21.2. The number of fused-ring (bicyclic) bond motifs is 4. The number of ether oxygens (including phenoxy) is 4. The van der Waals surface area contributed by atoms with Crippen molar-refractivity contribution < 1.29 is 38.7 Å². The van der Waals surface area contributed by atoms with E-state index in [1.165, 1.54) is 12.1 Å². The summed E-state index contributed by atoms with van der Waals surface area (Å²) in [5.74, 6) is 0.667. The summed E-state index contributed by atoms with van der Waals surface area (Å²) in [6, 6.07) is 33.2. The summed E-state index contributed by atoms with van der Waals surface area (Å²) < 4.78 is 23.3. The van der Waals surface area contributed by atoms with Gasteiger partial charge >= 0.3 is 12.1 Å². The molecule has 5 aromatic carbocycles. The molecule has 64 heavy (non-hydrogen) atoms. The highest BCUT2D eigenvalue weighted by Gasteiger charge is 2.37. The number of carbonyl (C=O) groups is 2. The molecule has 2 bridgehead atoms. The number of hydrogen-bond acceptors (Lipinski definition) is 11. The summed E-state index contributed by atoms with van der Waals surface area (Å²) in [7, 11) is 0. The van der Waals surface area contributed by atoms with Gasteiger partial charge in [-0.3, -0.25) is 9.69 Å². The largest absolute Gasteiger partial charge is 0.506 e. The fourth-order valence-corrected chi connectivity index (χ4v) is 8.89. The Hall–Kier alpha value is -6.09. The number of phenolic OH excluding ortho intramolecular Hbond substituents is 1. The minimum atomic E-state index is -0.936. The zero-order valence-electron chi connectivity index (χ0n) is 34.8. The van der Waals surface area contributed by atoms with Crippen LogP contribution in [0.5, 0.6) is 17.2 Å². The summed E-state index contributed by atoms with van der Waals surface area (Å²) in [6.07, 6.45) is 0.635. The van der Waals surface area contributed by atoms with Crippen LogP contribution < -0.4 is 25.7 Å². The Balaban J connectivity index is 0.785. The molecule has 3 fully saturated rings. The molecule has 3 atom stereocenters. The zero-order valence-corrected chi connectivity index (χ0v) is 36.3. The van der Waals surface area contributed by atoms with E-state index >= 15 is 0 Å². The van der Waals surface area contributed by atoms with Crippen LogP contribution in [0.25, 0.3) is 10.9 Å². The summed E-state index contributed by atoms with van der Waals surface area (Å²) >= 11 is 13.0. The molecular formula is C49H48Cl2N4O9. The van der Waals surface area contributed by atoms with E-state index in [-0.39, 0.29) is 65.1 Å². The van der Waals surface area contributed by atoms with Crippen LogP contribution in [0.4, 0.5) is 4.79 Å². The number of halogens is 2. The first-order valence-corrected chi connectivity index (χ1v) is 21.9. The Morgan fingerprint density at radius 2 is 1.58 bits per heavy atom. The summed E-state index contributed by atoms with van der Waals surface area (Å²) in [6.45, 7) is 3.61. The number of H-pyrrole nitrogens is 1. The summed E-state index contributed by atoms with van der Waals surface area (Å²) in [5.41, 5.74) is 4.15. The van der Waals surface area contributed by atoms with E-state index in [4.69, 9.17) is 42.1 Å². The Kier molecular flexibility index (Phi) is 14.3. The number of aliphatic hydroxyl groups excluding tert-OH is 1. The van der Waals surface area contributed by atoms with Gasteiger partial charge in [0.15, 0.2) is 5.75 Å². The smallest absolute Gasteiger partial charge is 0.408 e. The second kappa shape index (κ2) is 20.6. The number of phenols is 1. The van der Waals surface area contributed by atoms with Crippen molar-refractivity contribution in [1.29, 1.82) is 0 Å². The van der Waals surface area contributed by atoms with Gasteiger partial charge < -0.3 is 44.8 Å². The third-order valence-electron chi connectivity index (χ3n) is 11.6. The molecule has 4 heterocycles. The van der Waals surface area contributed by atoms with Crippen molar-refractivity contribution in [3.8, 4) is 17.2 Å². The third-order valence-corrected chi connectivity index (χ3v) is 12.2. The predicted octanol–water partition coefficient (Wildman–Crippen LogP) is 8.09. The zero-order chi connectivity index (χ0) is 44.6. The molecule has 15 heteroatoms. The lowest BCUT2D eigenvalue weighted by atomic mass is 9.86. The highest BCUT2D eigenvalue weighted by Crippen LogP contribution is 2.35. The maximum atomic E-state index is 13.2. The van der Waals surface area contributed by atoms with Crippen molar-refractivity contribution in [1.82, 2.24) is 20.5 Å². The molecular weight excluding hydrogens is 859 g/mol. The fraction of sp³-hybridized carbons (Fsp3) is 0.286. The second-order valence-corrected chi connectivity index (χ2v) is 16.7. The monoisotopic (exact) mass is 906 g/mol. The molecule has 0 saturated carbocycles. The van der Waals surface area contributed by atoms with Crippen LogP contribution in [0.3, 0.4) is 0 Å². The number of nitrogens with one attached hydrogen (secondary N) is 3. The number of piperidine rings is 3. The first-order chi connectivity index (χ1) is 31.1. The molecule has 3 saturated heterocycles. The van der Waals surface area contributed by atoms with Crippen molar-refractivity contribution in [2.75, 3.05) is 39.4 Å². The van der Waals surface area contributed by atoms with E-state index in [1.54, 1.807) is 48.5 Å². The molecule has 0 radical (unpaired) electrons. The van der Waals surface area contributed by atoms with Crippen LogP contribution in [0.1, 0.15) is 63.2 Å². The number of rotatable bonds is 17. The van der Waals surface area contributed by atoms with Gasteiger partial charge in [0.1, 0.15) is 37.4 Å². The molecule has 1 amide bonds. The number of hydrogen-bond donors (Lipinski definition) is 5. The van der Waals surface area contributed by atoms with Gasteiger partial charge in [-0.15, -0.1) is 0 Å². The van der Waals surface area contributed by atoms with Crippen LogP contribution >= 0.6 is 23.2 Å². The van der Waals surface area contributed by atoms with Gasteiger partial charge in [0, 0.05) is 31.1 Å². The molecule has 6 aromatic rings. The van der Waals surface area contributed by atoms with E-state index < -0.39 is 24.2 Å². The van der Waals surface area contributed by atoms with E-state index in [0.29, 0.717) is 34.7 Å². The number of nitrogens with zero attached hydrogens (tertiary/aromatic N) is 1. The number of aromatic hydroxyl groups is 1. The van der Waals surface area contributed by atoms with Gasteiger partial charge in [0.05, 0.1) is 33.3 Å². The Labute approximate surface area is 379 Å². The average molecular weight is 908 g/mol. The quantitative estimate of drug-likeness (QED) is 0.0443. The van der Waals surface area contributed by atoms with Crippen molar-refractivity contribution in [2.24, 2.45) is 5.92 Å². The minimum absolute atomic E-state index is 0.00731. The van der Waals surface area contributed by atoms with Crippen LogP contribution in [0, 0.1) is 5.92 Å². The topological polar surface area (TPSA) is 172 Å². The lowest BCUT2D eigenvalue weighted by Gasteiger charge is -2.43. The summed E-state index contributed by atoms with van der Waals surface area (Å²) in [5, 5.41) is 28.3. The Morgan fingerprint density at radius 1 is 0.828 bits per heavy atom. The van der Waals surface area contributed by atoms with Crippen molar-refractivity contribution in [2.45, 2.75) is 44.2 Å². The van der Waals surface area contributed by atoms with Gasteiger partial charge in [0.25, 0.3) is 0 Å². The molecule has 13 nitrogen and oxygen atoms in total. The normalized spacial score (nSPS) is 17.6. The van der Waals surface area contributed by atoms with Gasteiger partial charge in [-0.1, -0.05) is 83.9 Å². The number of aromatic nitrogens is 1. The van der Waals surface area contributed by atoms with Gasteiger partial charge in [-0.25, -0.2) is 9.59 Å². The van der Waals surface area contributed by atoms with E-state index in [9.17, 15) is 24.6 Å². The molecule has 3 aliphatic rings. The fourth-order valence-electron chi connectivity index (χ4n) is 8.25. The number of aliphatic hydroxyl groups is 1. The number of esters is 1. The van der Waals surface area contributed by atoms with Crippen molar-refractivity contribution in [3.63, 3.8) is 0 Å². The van der Waals surface area contributed by atoms with E-state index in [1.807, 2.05) is 54.6 Å². The van der Waals surface area contributed by atoms with Gasteiger partial charge in [0.2, 0.25) is 5.56 Å². The molecule has 332 valence electrons. The molecule has 5 N–H and O–H groups in total. The van der Waals surface area contributed by atoms with Crippen molar-refractivity contribution >= 4 is 46.2 Å². The average Bonchev–Trinajstić information content (AvgIpc) is 3.30. The first kappa shape index (κ1) is 44.5. The number of carbonyl (C=O) groups excluding carboxylic acids is 2. The number of alkyl carbamates (subject to hydrolysis) is 1. The lowest BCUT2D eigenvalue weighted by Crippen LogP contribution is -2.52. The van der Waals surface area contributed by atoms with Crippen LogP contribution in [-0.2, 0) is 22.6 Å². The third kappa shape index (κ3) is 11.0. The molecule has 0 aliphatic carbocycles. The number of aromatic amines is 1. The molecule has 0 spiro atoms. The summed E-state index contributed by atoms with van der Waals surface area (Å²) in [4.78, 5) is 42.8. The van der Waals surface area contributed by atoms with Crippen LogP contribution in [0.15, 0.2) is 120 Å². The number of amides is 1. The SMILES string of the molecule is O=C(NC(c1ccccc1)c1cccc(OCc2ccc(C(=O)OCCOc3c(Cl)cc(CNC[C@H](O)c4ccc(O)c5[nH]c(=O)ccc45)cc3Cl)cc2)c1)O[C@H]1CN2CCC1CC2. The highest BCUT2D eigenvalue weighted by atomic mass is 35.5. The van der Waals surface area contributed by atoms with Crippen LogP contribution in [0.2, 0.25) is 10.0 Å². The maximum Gasteiger partial charge on any atom is 0.408 e. The molecule has 9 rings (SSSR count). The molecule has 1 aromatic heterocycles. The Morgan fingerprint density at radius 3 is 2.31 bits per heavy atom. The van der Waals surface area contributed by atoms with Gasteiger partial charge in [-0.2, -0.15) is 0 Å². The number of pyridine rings is 1.